The molecule has 1 N–H and O–H groups in total. The van der Waals surface area contributed by atoms with Crippen LogP contribution in [0.25, 0.3) is 10.6 Å². The number of hydrogen-bond acceptors (Lipinski definition) is 6. The minimum absolute atomic E-state index is 0.148. The first kappa shape index (κ1) is 17.5. The van der Waals surface area contributed by atoms with Gasteiger partial charge >= 0.3 is 0 Å². The summed E-state index contributed by atoms with van der Waals surface area (Å²) < 4.78 is 5.37. The van der Waals surface area contributed by atoms with E-state index in [1.807, 2.05) is 31.4 Å². The van der Waals surface area contributed by atoms with Crippen LogP contribution in [0.1, 0.15) is 24.2 Å². The van der Waals surface area contributed by atoms with Crippen LogP contribution in [0.3, 0.4) is 0 Å². The third-order valence-corrected chi connectivity index (χ3v) is 5.30. The van der Waals surface area contributed by atoms with Crippen molar-refractivity contribution in [1.82, 2.24) is 19.5 Å². The normalized spacial score (nSPS) is 12.3. The zero-order valence-electron chi connectivity index (χ0n) is 13.9. The lowest BCUT2D eigenvalue weighted by Gasteiger charge is -2.22. The molecule has 0 aliphatic carbocycles. The number of hydrogen-bond donors (Lipinski definition) is 1. The summed E-state index contributed by atoms with van der Waals surface area (Å²) in [5.74, 6) is -0.0375. The van der Waals surface area contributed by atoms with Crippen molar-refractivity contribution in [3.63, 3.8) is 0 Å². The fourth-order valence-corrected chi connectivity index (χ4v) is 3.52. The van der Waals surface area contributed by atoms with Crippen LogP contribution >= 0.6 is 22.9 Å². The molecule has 0 aliphatic heterocycles. The standard InChI is InChI=1S/C17H18N4O2S2/c1-11(2)14(19-17(23)12-8-18-25-10-12)9-21-16(22)6-5-13(20-21)15-4-3-7-24-15/h3-8,10-11,14H,9H2,1-2H3,(H,19,23)/t14-/m1/s1. The third-order valence-electron chi connectivity index (χ3n) is 3.83. The molecule has 0 aromatic carbocycles. The van der Waals surface area contributed by atoms with Crippen LogP contribution in [0.2, 0.25) is 0 Å². The van der Waals surface area contributed by atoms with Gasteiger partial charge in [-0.3, -0.25) is 9.59 Å². The van der Waals surface area contributed by atoms with Crippen molar-refractivity contribution >= 4 is 28.8 Å². The Morgan fingerprint density at radius 3 is 2.80 bits per heavy atom. The van der Waals surface area contributed by atoms with Crippen LogP contribution in [-0.4, -0.2) is 26.1 Å². The van der Waals surface area contributed by atoms with E-state index in [4.69, 9.17) is 0 Å². The van der Waals surface area contributed by atoms with Crippen molar-refractivity contribution in [3.05, 3.63) is 57.1 Å². The maximum absolute atomic E-state index is 12.3. The lowest BCUT2D eigenvalue weighted by molar-refractivity contribution is 0.0919. The van der Waals surface area contributed by atoms with Gasteiger partial charge in [-0.2, -0.15) is 5.10 Å². The summed E-state index contributed by atoms with van der Waals surface area (Å²) in [7, 11) is 0. The average molecular weight is 374 g/mol. The van der Waals surface area contributed by atoms with Crippen molar-refractivity contribution in [2.75, 3.05) is 0 Å². The van der Waals surface area contributed by atoms with Crippen molar-refractivity contribution in [1.29, 1.82) is 0 Å². The fourth-order valence-electron chi connectivity index (χ4n) is 2.31. The van der Waals surface area contributed by atoms with Gasteiger partial charge in [0.05, 0.1) is 29.2 Å². The minimum Gasteiger partial charge on any atom is -0.347 e. The molecule has 3 aromatic rings. The molecule has 0 fully saturated rings. The minimum atomic E-state index is -0.212. The molecule has 0 unspecified atom stereocenters. The first-order valence-corrected chi connectivity index (χ1v) is 9.58. The number of nitrogens with one attached hydrogen (secondary N) is 1. The molecule has 25 heavy (non-hydrogen) atoms. The van der Waals surface area contributed by atoms with E-state index in [0.29, 0.717) is 12.1 Å². The number of amides is 1. The number of carbonyl (C=O) groups is 1. The Bertz CT molecular complexity index is 886. The highest BCUT2D eigenvalue weighted by molar-refractivity contribution is 7.13. The molecule has 130 valence electrons. The van der Waals surface area contributed by atoms with E-state index < -0.39 is 0 Å². The summed E-state index contributed by atoms with van der Waals surface area (Å²) >= 11 is 2.80. The lowest BCUT2D eigenvalue weighted by Crippen LogP contribution is -2.43. The maximum Gasteiger partial charge on any atom is 0.266 e. The van der Waals surface area contributed by atoms with E-state index >= 15 is 0 Å². The Kier molecular flexibility index (Phi) is 5.40. The Morgan fingerprint density at radius 1 is 1.32 bits per heavy atom. The zero-order chi connectivity index (χ0) is 17.8. The topological polar surface area (TPSA) is 76.9 Å². The van der Waals surface area contributed by atoms with Gasteiger partial charge in [-0.15, -0.1) is 11.3 Å². The summed E-state index contributed by atoms with van der Waals surface area (Å²) in [4.78, 5) is 25.5. The third kappa shape index (κ3) is 4.21. The number of carbonyl (C=O) groups excluding carboxylic acids is 1. The van der Waals surface area contributed by atoms with Gasteiger partial charge in [-0.25, -0.2) is 9.06 Å². The fraction of sp³-hybridized carbons (Fsp3) is 0.294. The Morgan fingerprint density at radius 2 is 2.16 bits per heavy atom. The summed E-state index contributed by atoms with van der Waals surface area (Å²) in [6.45, 7) is 4.33. The number of aromatic nitrogens is 3. The van der Waals surface area contributed by atoms with Gasteiger partial charge in [0.2, 0.25) is 0 Å². The van der Waals surface area contributed by atoms with Crippen molar-refractivity contribution < 1.29 is 4.79 Å². The van der Waals surface area contributed by atoms with Gasteiger partial charge < -0.3 is 5.32 Å². The molecule has 0 spiro atoms. The largest absolute Gasteiger partial charge is 0.347 e. The summed E-state index contributed by atoms with van der Waals surface area (Å²) in [6.07, 6.45) is 1.54. The molecule has 0 aliphatic rings. The highest BCUT2D eigenvalue weighted by Gasteiger charge is 2.19. The molecule has 8 heteroatoms. The van der Waals surface area contributed by atoms with E-state index in [-0.39, 0.29) is 23.4 Å². The quantitative estimate of drug-likeness (QED) is 0.720. The van der Waals surface area contributed by atoms with E-state index in [9.17, 15) is 9.59 Å². The van der Waals surface area contributed by atoms with Crippen LogP contribution in [0, 0.1) is 5.92 Å². The molecule has 3 aromatic heterocycles. The van der Waals surface area contributed by atoms with Crippen molar-refractivity contribution in [2.24, 2.45) is 5.92 Å². The molecule has 3 heterocycles. The number of rotatable bonds is 6. The molecule has 0 saturated carbocycles. The number of nitrogens with zero attached hydrogens (tertiary/aromatic N) is 3. The zero-order valence-corrected chi connectivity index (χ0v) is 15.5. The van der Waals surface area contributed by atoms with E-state index in [0.717, 1.165) is 10.6 Å². The smallest absolute Gasteiger partial charge is 0.266 e. The predicted octanol–water partition coefficient (Wildman–Crippen LogP) is 2.88. The molecule has 1 amide bonds. The molecule has 0 bridgehead atoms. The van der Waals surface area contributed by atoms with Crippen LogP contribution < -0.4 is 10.9 Å². The second-order valence-corrected chi connectivity index (χ2v) is 7.56. The van der Waals surface area contributed by atoms with E-state index in [1.165, 1.54) is 22.3 Å². The summed E-state index contributed by atoms with van der Waals surface area (Å²) in [6, 6.07) is 6.95. The van der Waals surface area contributed by atoms with Gasteiger partial charge in [0.25, 0.3) is 11.5 Å². The van der Waals surface area contributed by atoms with Gasteiger partial charge in [-0.05, 0) is 35.0 Å². The SMILES string of the molecule is CC(C)[C@@H](Cn1nc(-c2cccs2)ccc1=O)NC(=O)c1cnsc1. The Hall–Kier alpha value is -2.32. The average Bonchev–Trinajstić information content (AvgIpc) is 3.29. The molecule has 0 saturated heterocycles. The molecule has 0 radical (unpaired) electrons. The summed E-state index contributed by atoms with van der Waals surface area (Å²) in [5, 5.41) is 11.1. The molecule has 1 atom stereocenters. The van der Waals surface area contributed by atoms with Gasteiger partial charge in [-0.1, -0.05) is 19.9 Å². The number of thiophene rings is 1. The maximum atomic E-state index is 12.3. The first-order valence-electron chi connectivity index (χ1n) is 7.87. The highest BCUT2D eigenvalue weighted by atomic mass is 32.1. The predicted molar refractivity (Wildman–Crippen MR) is 100 cm³/mol. The Labute approximate surface area is 153 Å². The monoisotopic (exact) mass is 374 g/mol. The molecular weight excluding hydrogens is 356 g/mol. The molecule has 6 nitrogen and oxygen atoms in total. The van der Waals surface area contributed by atoms with E-state index in [2.05, 4.69) is 14.8 Å². The summed E-state index contributed by atoms with van der Waals surface area (Å²) in [5.41, 5.74) is 1.10. The van der Waals surface area contributed by atoms with Gasteiger partial charge in [0.1, 0.15) is 5.69 Å². The van der Waals surface area contributed by atoms with Crippen molar-refractivity contribution in [3.8, 4) is 10.6 Å². The second-order valence-electron chi connectivity index (χ2n) is 5.95. The van der Waals surface area contributed by atoms with Crippen LogP contribution in [0.5, 0.6) is 0 Å². The second kappa shape index (κ2) is 7.71. The van der Waals surface area contributed by atoms with Crippen LogP contribution in [-0.2, 0) is 6.54 Å². The molecule has 3 rings (SSSR count). The first-order chi connectivity index (χ1) is 12.0. The van der Waals surface area contributed by atoms with Crippen LogP contribution in [0.4, 0.5) is 0 Å². The van der Waals surface area contributed by atoms with Gasteiger partial charge in [0.15, 0.2) is 0 Å². The van der Waals surface area contributed by atoms with Crippen molar-refractivity contribution in [2.45, 2.75) is 26.4 Å². The lowest BCUT2D eigenvalue weighted by atomic mass is 10.0. The highest BCUT2D eigenvalue weighted by Crippen LogP contribution is 2.21. The van der Waals surface area contributed by atoms with Gasteiger partial charge in [0, 0.05) is 11.4 Å². The molecular formula is C17H18N4O2S2. The van der Waals surface area contributed by atoms with Crippen LogP contribution in [0.15, 0.2) is 46.0 Å². The Balaban J connectivity index is 1.81. The van der Waals surface area contributed by atoms with E-state index in [1.54, 1.807) is 29.0 Å².